The quantitative estimate of drug-likeness (QED) is 0.873. The fraction of sp³-hybridized carbons (Fsp3) is 0.647. The van der Waals surface area contributed by atoms with Crippen molar-refractivity contribution in [3.63, 3.8) is 0 Å². The molecule has 0 saturated heterocycles. The second-order valence-electron chi connectivity index (χ2n) is 6.78. The third-order valence-electron chi connectivity index (χ3n) is 4.27. The van der Waals surface area contributed by atoms with Crippen molar-refractivity contribution < 1.29 is 4.74 Å². The first kappa shape index (κ1) is 14.4. The van der Waals surface area contributed by atoms with Crippen molar-refractivity contribution in [2.45, 2.75) is 46.0 Å². The molecule has 106 valence electrons. The fourth-order valence-corrected chi connectivity index (χ4v) is 3.79. The van der Waals surface area contributed by atoms with Gasteiger partial charge < -0.3 is 10.1 Å². The number of ether oxygens (including phenoxy) is 1. The summed E-state index contributed by atoms with van der Waals surface area (Å²) in [6.07, 6.45) is 2.46. The standard InChI is InChI=1S/C17H27NO/c1-6-18-12-17(10-16(3,4)11-17)14-9-13(2)7-8-15(14)19-5/h7-9,18H,6,10-12H2,1-5H3. The van der Waals surface area contributed by atoms with Crippen LogP contribution >= 0.6 is 0 Å². The third kappa shape index (κ3) is 2.79. The number of methoxy groups -OCH3 is 1. The summed E-state index contributed by atoms with van der Waals surface area (Å²) in [4.78, 5) is 0. The summed E-state index contributed by atoms with van der Waals surface area (Å²) in [7, 11) is 1.78. The Labute approximate surface area is 117 Å². The van der Waals surface area contributed by atoms with Gasteiger partial charge in [-0.2, -0.15) is 0 Å². The minimum Gasteiger partial charge on any atom is -0.496 e. The van der Waals surface area contributed by atoms with Crippen LogP contribution in [0, 0.1) is 12.3 Å². The van der Waals surface area contributed by atoms with E-state index in [4.69, 9.17) is 4.74 Å². The Kier molecular flexibility index (Phi) is 3.91. The molecule has 2 rings (SSSR count). The third-order valence-corrected chi connectivity index (χ3v) is 4.27. The lowest BCUT2D eigenvalue weighted by molar-refractivity contribution is 0.0548. The number of nitrogens with one attached hydrogen (secondary N) is 1. The molecule has 0 radical (unpaired) electrons. The molecular formula is C17H27NO. The van der Waals surface area contributed by atoms with Crippen LogP contribution in [0.15, 0.2) is 18.2 Å². The van der Waals surface area contributed by atoms with E-state index in [1.807, 2.05) is 0 Å². The van der Waals surface area contributed by atoms with Crippen molar-refractivity contribution >= 4 is 0 Å². The van der Waals surface area contributed by atoms with Crippen LogP contribution in [-0.2, 0) is 5.41 Å². The lowest BCUT2D eigenvalue weighted by Crippen LogP contribution is -2.52. The second-order valence-corrected chi connectivity index (χ2v) is 6.78. The second kappa shape index (κ2) is 5.16. The molecule has 0 bridgehead atoms. The van der Waals surface area contributed by atoms with E-state index in [2.05, 4.69) is 51.2 Å². The number of hydrogen-bond acceptors (Lipinski definition) is 2. The SMILES string of the molecule is CCNCC1(c2cc(C)ccc2OC)CC(C)(C)C1. The van der Waals surface area contributed by atoms with E-state index >= 15 is 0 Å². The van der Waals surface area contributed by atoms with E-state index in [1.165, 1.54) is 24.0 Å². The normalized spacial score (nSPS) is 19.8. The van der Waals surface area contributed by atoms with Crippen LogP contribution in [0.5, 0.6) is 5.75 Å². The van der Waals surface area contributed by atoms with Gasteiger partial charge in [0.05, 0.1) is 7.11 Å². The molecule has 19 heavy (non-hydrogen) atoms. The Balaban J connectivity index is 2.36. The zero-order valence-electron chi connectivity index (χ0n) is 13.0. The molecule has 2 nitrogen and oxygen atoms in total. The first-order valence-corrected chi connectivity index (χ1v) is 7.28. The predicted molar refractivity (Wildman–Crippen MR) is 81.0 cm³/mol. The number of hydrogen-bond donors (Lipinski definition) is 1. The summed E-state index contributed by atoms with van der Waals surface area (Å²) in [5, 5.41) is 3.54. The molecule has 1 N–H and O–H groups in total. The highest BCUT2D eigenvalue weighted by molar-refractivity contribution is 5.45. The van der Waals surface area contributed by atoms with Crippen molar-refractivity contribution in [1.29, 1.82) is 0 Å². The predicted octanol–water partition coefficient (Wildman–Crippen LogP) is 3.67. The first-order valence-electron chi connectivity index (χ1n) is 7.28. The highest BCUT2D eigenvalue weighted by Crippen LogP contribution is 2.56. The molecule has 1 aromatic carbocycles. The summed E-state index contributed by atoms with van der Waals surface area (Å²) in [6.45, 7) is 11.1. The smallest absolute Gasteiger partial charge is 0.122 e. The van der Waals surface area contributed by atoms with Gasteiger partial charge in [-0.15, -0.1) is 0 Å². The summed E-state index contributed by atoms with van der Waals surface area (Å²) >= 11 is 0. The number of likely N-dealkylation sites (N-methyl/N-ethyl adjacent to an activating group) is 1. The molecule has 0 unspecified atom stereocenters. The Morgan fingerprint density at radius 2 is 1.95 bits per heavy atom. The average molecular weight is 261 g/mol. The molecule has 2 heteroatoms. The van der Waals surface area contributed by atoms with Crippen LogP contribution < -0.4 is 10.1 Å². The molecule has 0 atom stereocenters. The average Bonchev–Trinajstić information content (AvgIpc) is 2.33. The van der Waals surface area contributed by atoms with E-state index in [9.17, 15) is 0 Å². The number of aryl methyl sites for hydroxylation is 1. The lowest BCUT2D eigenvalue weighted by Gasteiger charge is -2.54. The maximum absolute atomic E-state index is 5.60. The Morgan fingerprint density at radius 1 is 1.26 bits per heavy atom. The molecule has 0 aromatic heterocycles. The highest BCUT2D eigenvalue weighted by atomic mass is 16.5. The van der Waals surface area contributed by atoms with Crippen LogP contribution in [0.4, 0.5) is 0 Å². The maximum atomic E-state index is 5.60. The molecule has 1 aliphatic rings. The molecule has 1 saturated carbocycles. The van der Waals surface area contributed by atoms with E-state index < -0.39 is 0 Å². The summed E-state index contributed by atoms with van der Waals surface area (Å²) < 4.78 is 5.60. The van der Waals surface area contributed by atoms with Crippen LogP contribution in [-0.4, -0.2) is 20.2 Å². The molecule has 1 aromatic rings. The van der Waals surface area contributed by atoms with E-state index in [0.29, 0.717) is 5.41 Å². The van der Waals surface area contributed by atoms with Crippen LogP contribution in [0.2, 0.25) is 0 Å². The van der Waals surface area contributed by atoms with Crippen LogP contribution in [0.3, 0.4) is 0 Å². The molecular weight excluding hydrogens is 234 g/mol. The number of rotatable bonds is 5. The molecule has 1 aliphatic carbocycles. The Morgan fingerprint density at radius 3 is 2.47 bits per heavy atom. The fourth-order valence-electron chi connectivity index (χ4n) is 3.79. The number of benzene rings is 1. The van der Waals surface area contributed by atoms with Gasteiger partial charge in [-0.1, -0.05) is 38.5 Å². The molecule has 1 fully saturated rings. The minimum atomic E-state index is 0.247. The summed E-state index contributed by atoms with van der Waals surface area (Å²) in [5.74, 6) is 1.04. The van der Waals surface area contributed by atoms with Crippen molar-refractivity contribution in [3.8, 4) is 5.75 Å². The van der Waals surface area contributed by atoms with Gasteiger partial charge in [0, 0.05) is 17.5 Å². The van der Waals surface area contributed by atoms with Gasteiger partial charge in [-0.25, -0.2) is 0 Å². The van der Waals surface area contributed by atoms with E-state index in [0.717, 1.165) is 18.8 Å². The largest absolute Gasteiger partial charge is 0.496 e. The van der Waals surface area contributed by atoms with Crippen molar-refractivity contribution in [2.24, 2.45) is 5.41 Å². The van der Waals surface area contributed by atoms with Gasteiger partial charge in [0.2, 0.25) is 0 Å². The topological polar surface area (TPSA) is 21.3 Å². The van der Waals surface area contributed by atoms with Crippen molar-refractivity contribution in [2.75, 3.05) is 20.2 Å². The lowest BCUT2D eigenvalue weighted by atomic mass is 9.51. The molecule has 0 amide bonds. The van der Waals surface area contributed by atoms with Crippen LogP contribution in [0.1, 0.15) is 44.7 Å². The maximum Gasteiger partial charge on any atom is 0.122 e. The summed E-state index contributed by atoms with van der Waals surface area (Å²) in [6, 6.07) is 6.56. The Hall–Kier alpha value is -1.02. The molecule has 0 heterocycles. The van der Waals surface area contributed by atoms with Gasteiger partial charge in [-0.3, -0.25) is 0 Å². The van der Waals surface area contributed by atoms with Gasteiger partial charge in [0.25, 0.3) is 0 Å². The monoisotopic (exact) mass is 261 g/mol. The van der Waals surface area contributed by atoms with Gasteiger partial charge in [0.15, 0.2) is 0 Å². The molecule has 0 aliphatic heterocycles. The van der Waals surface area contributed by atoms with Crippen molar-refractivity contribution in [1.82, 2.24) is 5.32 Å². The summed E-state index contributed by atoms with van der Waals surface area (Å²) in [5.41, 5.74) is 3.40. The van der Waals surface area contributed by atoms with Crippen LogP contribution in [0.25, 0.3) is 0 Å². The van der Waals surface area contributed by atoms with Gasteiger partial charge in [-0.05, 0) is 37.8 Å². The highest BCUT2D eigenvalue weighted by Gasteiger charge is 2.50. The van der Waals surface area contributed by atoms with E-state index in [1.54, 1.807) is 7.11 Å². The zero-order chi connectivity index (χ0) is 14.1. The van der Waals surface area contributed by atoms with Gasteiger partial charge >= 0.3 is 0 Å². The van der Waals surface area contributed by atoms with Gasteiger partial charge in [0.1, 0.15) is 5.75 Å². The Bertz CT molecular complexity index is 443. The van der Waals surface area contributed by atoms with E-state index in [-0.39, 0.29) is 5.41 Å². The minimum absolute atomic E-state index is 0.247. The zero-order valence-corrected chi connectivity index (χ0v) is 13.0. The first-order chi connectivity index (χ1) is 8.92. The van der Waals surface area contributed by atoms with Crippen molar-refractivity contribution in [3.05, 3.63) is 29.3 Å². The molecule has 0 spiro atoms.